The third-order valence-corrected chi connectivity index (χ3v) is 4.11. The zero-order chi connectivity index (χ0) is 14.4. The molecule has 0 radical (unpaired) electrons. The minimum Gasteiger partial charge on any atom is -0.383 e. The SMILES string of the molecule is COCCN1CCC(NC(=O)c2cccc(Br)c2)CC1. The maximum Gasteiger partial charge on any atom is 0.251 e. The molecule has 1 saturated heterocycles. The van der Waals surface area contributed by atoms with E-state index in [1.165, 1.54) is 0 Å². The highest BCUT2D eigenvalue weighted by Gasteiger charge is 2.20. The summed E-state index contributed by atoms with van der Waals surface area (Å²) in [6.07, 6.45) is 2.01. The van der Waals surface area contributed by atoms with E-state index in [0.29, 0.717) is 5.56 Å². The Morgan fingerprint density at radius 2 is 2.20 bits per heavy atom. The van der Waals surface area contributed by atoms with Crippen LogP contribution in [0.1, 0.15) is 23.2 Å². The number of piperidine rings is 1. The summed E-state index contributed by atoms with van der Waals surface area (Å²) in [7, 11) is 1.73. The summed E-state index contributed by atoms with van der Waals surface area (Å²) in [5.74, 6) is 0.0154. The Balaban J connectivity index is 1.79. The lowest BCUT2D eigenvalue weighted by molar-refractivity contribution is 0.0892. The lowest BCUT2D eigenvalue weighted by Gasteiger charge is -2.32. The van der Waals surface area contributed by atoms with Crippen molar-refractivity contribution in [3.63, 3.8) is 0 Å². The fourth-order valence-electron chi connectivity index (χ4n) is 2.42. The van der Waals surface area contributed by atoms with Crippen LogP contribution < -0.4 is 5.32 Å². The molecule has 1 aromatic rings. The second kappa shape index (κ2) is 7.76. The van der Waals surface area contributed by atoms with Crippen LogP contribution >= 0.6 is 15.9 Å². The van der Waals surface area contributed by atoms with E-state index < -0.39 is 0 Å². The van der Waals surface area contributed by atoms with E-state index in [4.69, 9.17) is 4.74 Å². The molecule has 1 amide bonds. The molecule has 1 fully saturated rings. The summed E-state index contributed by atoms with van der Waals surface area (Å²) in [6.45, 7) is 3.79. The number of methoxy groups -OCH3 is 1. The smallest absolute Gasteiger partial charge is 0.251 e. The van der Waals surface area contributed by atoms with Crippen LogP contribution in [0.2, 0.25) is 0 Å². The van der Waals surface area contributed by atoms with Gasteiger partial charge in [-0.2, -0.15) is 0 Å². The highest BCUT2D eigenvalue weighted by molar-refractivity contribution is 9.10. The van der Waals surface area contributed by atoms with E-state index in [2.05, 4.69) is 26.1 Å². The van der Waals surface area contributed by atoms with Gasteiger partial charge in [-0.1, -0.05) is 22.0 Å². The van der Waals surface area contributed by atoms with Gasteiger partial charge in [-0.3, -0.25) is 4.79 Å². The molecule has 20 heavy (non-hydrogen) atoms. The minimum atomic E-state index is 0.0154. The maximum atomic E-state index is 12.2. The molecule has 0 bridgehead atoms. The molecule has 0 spiro atoms. The lowest BCUT2D eigenvalue weighted by Crippen LogP contribution is -2.45. The number of nitrogens with one attached hydrogen (secondary N) is 1. The molecular formula is C15H21BrN2O2. The highest BCUT2D eigenvalue weighted by atomic mass is 79.9. The Kier molecular flexibility index (Phi) is 6.01. The van der Waals surface area contributed by atoms with Crippen molar-refractivity contribution in [2.45, 2.75) is 18.9 Å². The first-order valence-electron chi connectivity index (χ1n) is 6.97. The average molecular weight is 341 g/mol. The van der Waals surface area contributed by atoms with Crippen LogP contribution in [0, 0.1) is 0 Å². The number of ether oxygens (including phenoxy) is 1. The first-order valence-corrected chi connectivity index (χ1v) is 7.76. The Labute approximate surface area is 128 Å². The predicted octanol–water partition coefficient (Wildman–Crippen LogP) is 2.29. The van der Waals surface area contributed by atoms with Gasteiger partial charge in [0, 0.05) is 42.8 Å². The fourth-order valence-corrected chi connectivity index (χ4v) is 2.82. The van der Waals surface area contributed by atoms with Gasteiger partial charge in [-0.05, 0) is 31.0 Å². The first kappa shape index (κ1) is 15.5. The fraction of sp³-hybridized carbons (Fsp3) is 0.533. The number of nitrogens with zero attached hydrogens (tertiary/aromatic N) is 1. The molecule has 2 rings (SSSR count). The summed E-state index contributed by atoms with van der Waals surface area (Å²) in [4.78, 5) is 14.5. The van der Waals surface area contributed by atoms with E-state index in [1.54, 1.807) is 7.11 Å². The number of amides is 1. The van der Waals surface area contributed by atoms with Gasteiger partial charge in [-0.25, -0.2) is 0 Å². The van der Waals surface area contributed by atoms with Crippen molar-refractivity contribution < 1.29 is 9.53 Å². The first-order chi connectivity index (χ1) is 9.69. The normalized spacial score (nSPS) is 17.1. The van der Waals surface area contributed by atoms with Gasteiger partial charge >= 0.3 is 0 Å². The molecule has 110 valence electrons. The van der Waals surface area contributed by atoms with Crippen LogP contribution in [0.5, 0.6) is 0 Å². The van der Waals surface area contributed by atoms with Gasteiger partial charge in [0.15, 0.2) is 0 Å². The number of hydrogen-bond acceptors (Lipinski definition) is 3. The summed E-state index contributed by atoms with van der Waals surface area (Å²) in [6, 6.07) is 7.77. The number of rotatable bonds is 5. The molecule has 1 aromatic carbocycles. The standard InChI is InChI=1S/C15H21BrN2O2/c1-20-10-9-18-7-5-14(6-8-18)17-15(19)12-3-2-4-13(16)11-12/h2-4,11,14H,5-10H2,1H3,(H,17,19). The van der Waals surface area contributed by atoms with Crippen molar-refractivity contribution >= 4 is 21.8 Å². The van der Waals surface area contributed by atoms with Crippen LogP contribution in [0.4, 0.5) is 0 Å². The summed E-state index contributed by atoms with van der Waals surface area (Å²) in [5.41, 5.74) is 0.709. The van der Waals surface area contributed by atoms with E-state index in [0.717, 1.165) is 43.6 Å². The second-order valence-electron chi connectivity index (χ2n) is 5.09. The average Bonchev–Trinajstić information content (AvgIpc) is 2.46. The molecule has 1 aliphatic rings. The molecule has 0 aromatic heterocycles. The molecule has 5 heteroatoms. The topological polar surface area (TPSA) is 41.6 Å². The number of hydrogen-bond donors (Lipinski definition) is 1. The number of carbonyl (C=O) groups excluding carboxylic acids is 1. The van der Waals surface area contributed by atoms with Gasteiger partial charge in [0.2, 0.25) is 0 Å². The second-order valence-corrected chi connectivity index (χ2v) is 6.01. The van der Waals surface area contributed by atoms with E-state index >= 15 is 0 Å². The maximum absolute atomic E-state index is 12.2. The highest BCUT2D eigenvalue weighted by Crippen LogP contribution is 2.14. The van der Waals surface area contributed by atoms with Crippen molar-refractivity contribution in [2.75, 3.05) is 33.4 Å². The number of benzene rings is 1. The van der Waals surface area contributed by atoms with Gasteiger partial charge < -0.3 is 15.0 Å². The van der Waals surface area contributed by atoms with Gasteiger partial charge in [0.1, 0.15) is 0 Å². The van der Waals surface area contributed by atoms with E-state index in [9.17, 15) is 4.79 Å². The summed E-state index contributed by atoms with van der Waals surface area (Å²) in [5, 5.41) is 3.12. The van der Waals surface area contributed by atoms with Crippen molar-refractivity contribution in [1.82, 2.24) is 10.2 Å². The zero-order valence-corrected chi connectivity index (χ0v) is 13.4. The summed E-state index contributed by atoms with van der Waals surface area (Å²) < 4.78 is 6.02. The molecular weight excluding hydrogens is 320 g/mol. The predicted molar refractivity (Wildman–Crippen MR) is 82.9 cm³/mol. The Hall–Kier alpha value is -0.910. The Morgan fingerprint density at radius 3 is 2.85 bits per heavy atom. The molecule has 0 aliphatic carbocycles. The van der Waals surface area contributed by atoms with Crippen LogP contribution in [0.3, 0.4) is 0 Å². The van der Waals surface area contributed by atoms with Crippen LogP contribution in [0.25, 0.3) is 0 Å². The van der Waals surface area contributed by atoms with Gasteiger partial charge in [-0.15, -0.1) is 0 Å². The number of carbonyl (C=O) groups is 1. The lowest BCUT2D eigenvalue weighted by atomic mass is 10.0. The van der Waals surface area contributed by atoms with Crippen LogP contribution in [-0.4, -0.2) is 50.2 Å². The van der Waals surface area contributed by atoms with E-state index in [-0.39, 0.29) is 11.9 Å². The zero-order valence-electron chi connectivity index (χ0n) is 11.8. The van der Waals surface area contributed by atoms with E-state index in [1.807, 2.05) is 24.3 Å². The molecule has 0 unspecified atom stereocenters. The van der Waals surface area contributed by atoms with Crippen LogP contribution in [0.15, 0.2) is 28.7 Å². The van der Waals surface area contributed by atoms with Crippen LogP contribution in [-0.2, 0) is 4.74 Å². The number of likely N-dealkylation sites (tertiary alicyclic amines) is 1. The molecule has 0 saturated carbocycles. The van der Waals surface area contributed by atoms with Crippen molar-refractivity contribution in [3.05, 3.63) is 34.3 Å². The van der Waals surface area contributed by atoms with Crippen molar-refractivity contribution in [3.8, 4) is 0 Å². The molecule has 0 atom stereocenters. The Bertz CT molecular complexity index is 445. The Morgan fingerprint density at radius 1 is 1.45 bits per heavy atom. The van der Waals surface area contributed by atoms with Crippen molar-refractivity contribution in [2.24, 2.45) is 0 Å². The third kappa shape index (κ3) is 4.58. The molecule has 1 N–H and O–H groups in total. The quantitative estimate of drug-likeness (QED) is 0.894. The third-order valence-electron chi connectivity index (χ3n) is 3.62. The summed E-state index contributed by atoms with van der Waals surface area (Å²) >= 11 is 3.39. The number of halogens is 1. The van der Waals surface area contributed by atoms with Gasteiger partial charge in [0.25, 0.3) is 5.91 Å². The molecule has 4 nitrogen and oxygen atoms in total. The van der Waals surface area contributed by atoms with Crippen molar-refractivity contribution in [1.29, 1.82) is 0 Å². The van der Waals surface area contributed by atoms with Gasteiger partial charge in [0.05, 0.1) is 6.61 Å². The largest absolute Gasteiger partial charge is 0.383 e. The molecule has 1 aliphatic heterocycles. The minimum absolute atomic E-state index is 0.0154. The monoisotopic (exact) mass is 340 g/mol. The molecule has 1 heterocycles.